The van der Waals surface area contributed by atoms with Crippen LogP contribution in [0.4, 0.5) is 5.69 Å². The first-order valence-corrected chi connectivity index (χ1v) is 10.8. The number of fused-ring (bicyclic) bond motifs is 1. The van der Waals surface area contributed by atoms with Crippen LogP contribution in [0.15, 0.2) is 73.1 Å². The monoisotopic (exact) mass is 466 g/mol. The van der Waals surface area contributed by atoms with Gasteiger partial charge in [-0.25, -0.2) is 0 Å². The lowest BCUT2D eigenvalue weighted by Crippen LogP contribution is -2.48. The third kappa shape index (κ3) is 3.94. The Hall–Kier alpha value is -3.02. The second-order valence-electron chi connectivity index (χ2n) is 7.79. The van der Waals surface area contributed by atoms with Gasteiger partial charge in [0.05, 0.1) is 11.3 Å². The summed E-state index contributed by atoms with van der Waals surface area (Å²) in [5, 5.41) is 1.53. The minimum absolute atomic E-state index is 0. The second kappa shape index (κ2) is 9.23. The van der Waals surface area contributed by atoms with Crippen molar-refractivity contribution in [3.63, 3.8) is 0 Å². The number of carbonyl (C=O) groups excluding carboxylic acids is 1. The van der Waals surface area contributed by atoms with Crippen molar-refractivity contribution < 1.29 is 4.79 Å². The maximum absolute atomic E-state index is 13.8. The number of hydrogen-bond donors (Lipinski definition) is 0. The smallest absolute Gasteiger partial charge is 0.256 e. The summed E-state index contributed by atoms with van der Waals surface area (Å²) in [5.41, 5.74) is 4.82. The van der Waals surface area contributed by atoms with Gasteiger partial charge in [0.1, 0.15) is 0 Å². The molecule has 0 spiro atoms. The molecule has 32 heavy (non-hydrogen) atoms. The van der Waals surface area contributed by atoms with Gasteiger partial charge in [0.2, 0.25) is 0 Å². The van der Waals surface area contributed by atoms with Gasteiger partial charge < -0.3 is 14.4 Å². The topological polar surface area (TPSA) is 41.4 Å². The molecule has 0 radical (unpaired) electrons. The van der Waals surface area contributed by atoms with Crippen LogP contribution in [0, 0.1) is 0 Å². The average molecular weight is 467 g/mol. The maximum atomic E-state index is 13.8. The molecule has 164 valence electrons. The maximum Gasteiger partial charge on any atom is 0.256 e. The number of carbonyl (C=O) groups is 1. The lowest BCUT2D eigenvalue weighted by Gasteiger charge is -2.36. The zero-order valence-corrected chi connectivity index (χ0v) is 19.3. The van der Waals surface area contributed by atoms with Crippen molar-refractivity contribution in [1.82, 2.24) is 14.5 Å². The lowest BCUT2D eigenvalue weighted by atomic mass is 10.0. The number of nitrogens with zero attached hydrogens (tertiary/aromatic N) is 4. The molecule has 1 amide bonds. The van der Waals surface area contributed by atoms with Crippen molar-refractivity contribution in [2.45, 2.75) is 0 Å². The fraction of sp³-hybridized carbons (Fsp3) is 0.200. The molecule has 2 aromatic carbocycles. The van der Waals surface area contributed by atoms with Crippen molar-refractivity contribution >= 4 is 46.5 Å². The van der Waals surface area contributed by atoms with E-state index in [4.69, 9.17) is 11.6 Å². The Morgan fingerprint density at radius 1 is 0.938 bits per heavy atom. The molecule has 1 aliphatic heterocycles. The first-order valence-electron chi connectivity index (χ1n) is 10.4. The molecular formula is C25H24Cl2N4O. The first kappa shape index (κ1) is 22.2. The zero-order chi connectivity index (χ0) is 21.4. The van der Waals surface area contributed by atoms with Crippen molar-refractivity contribution in [2.75, 3.05) is 31.1 Å². The number of anilines is 1. The van der Waals surface area contributed by atoms with Gasteiger partial charge in [-0.3, -0.25) is 9.78 Å². The van der Waals surface area contributed by atoms with Crippen LogP contribution in [0.5, 0.6) is 0 Å². The third-order valence-corrected chi connectivity index (χ3v) is 6.25. The summed E-state index contributed by atoms with van der Waals surface area (Å²) >= 11 is 6.33. The number of benzene rings is 2. The van der Waals surface area contributed by atoms with Gasteiger partial charge in [0, 0.05) is 67.2 Å². The number of amides is 1. The molecule has 3 heterocycles. The molecule has 0 N–H and O–H groups in total. The van der Waals surface area contributed by atoms with Crippen molar-refractivity contribution in [3.8, 4) is 11.3 Å². The Balaban J connectivity index is 0.00000245. The molecule has 7 heteroatoms. The fourth-order valence-electron chi connectivity index (χ4n) is 4.45. The predicted molar refractivity (Wildman–Crippen MR) is 133 cm³/mol. The second-order valence-corrected chi connectivity index (χ2v) is 8.23. The first-order chi connectivity index (χ1) is 15.1. The molecule has 0 bridgehead atoms. The minimum atomic E-state index is 0. The Morgan fingerprint density at radius 2 is 1.62 bits per heavy atom. The molecule has 1 aliphatic rings. The minimum Gasteiger partial charge on any atom is -0.368 e. The van der Waals surface area contributed by atoms with Crippen LogP contribution >= 0.6 is 24.0 Å². The van der Waals surface area contributed by atoms with E-state index in [-0.39, 0.29) is 18.3 Å². The fourth-order valence-corrected chi connectivity index (χ4v) is 4.62. The van der Waals surface area contributed by atoms with E-state index in [2.05, 4.69) is 14.5 Å². The van der Waals surface area contributed by atoms with Gasteiger partial charge in [-0.2, -0.15) is 0 Å². The van der Waals surface area contributed by atoms with Gasteiger partial charge in [-0.05, 0) is 35.9 Å². The molecule has 0 aliphatic carbocycles. The van der Waals surface area contributed by atoms with E-state index in [0.29, 0.717) is 18.1 Å². The van der Waals surface area contributed by atoms with Gasteiger partial charge in [0.15, 0.2) is 0 Å². The van der Waals surface area contributed by atoms with Crippen LogP contribution in [-0.2, 0) is 7.05 Å². The van der Waals surface area contributed by atoms with E-state index in [1.807, 2.05) is 72.6 Å². The van der Waals surface area contributed by atoms with Gasteiger partial charge in [-0.15, -0.1) is 12.4 Å². The van der Waals surface area contributed by atoms with E-state index < -0.39 is 0 Å². The van der Waals surface area contributed by atoms with E-state index in [1.54, 1.807) is 12.4 Å². The molecule has 0 atom stereocenters. The largest absolute Gasteiger partial charge is 0.368 e. The van der Waals surface area contributed by atoms with Crippen LogP contribution in [0.3, 0.4) is 0 Å². The van der Waals surface area contributed by atoms with Crippen molar-refractivity contribution in [1.29, 1.82) is 0 Å². The molecule has 5 rings (SSSR count). The highest BCUT2D eigenvalue weighted by molar-refractivity contribution is 6.31. The van der Waals surface area contributed by atoms with Crippen LogP contribution in [0.2, 0.25) is 5.02 Å². The SMILES string of the molecule is Cl.Cn1c(-c2ccccc2)c(C(=O)N2CCN(c3ccncc3)CC2)c2cc(Cl)ccc21. The average Bonchev–Trinajstić information content (AvgIpc) is 3.11. The Kier molecular flexibility index (Phi) is 6.40. The molecular weight excluding hydrogens is 443 g/mol. The number of aryl methyl sites for hydroxylation is 1. The molecule has 1 fully saturated rings. The number of hydrogen-bond acceptors (Lipinski definition) is 3. The van der Waals surface area contributed by atoms with Gasteiger partial charge in [0.25, 0.3) is 5.91 Å². The highest BCUT2D eigenvalue weighted by atomic mass is 35.5. The molecule has 4 aromatic rings. The predicted octanol–water partition coefficient (Wildman–Crippen LogP) is 5.28. The zero-order valence-electron chi connectivity index (χ0n) is 17.7. The summed E-state index contributed by atoms with van der Waals surface area (Å²) in [4.78, 5) is 22.2. The van der Waals surface area contributed by atoms with E-state index >= 15 is 0 Å². The quantitative estimate of drug-likeness (QED) is 0.412. The summed E-state index contributed by atoms with van der Waals surface area (Å²) in [6, 6.07) is 19.9. The number of aromatic nitrogens is 2. The summed E-state index contributed by atoms with van der Waals surface area (Å²) in [7, 11) is 2.01. The van der Waals surface area contributed by atoms with E-state index in [0.717, 1.165) is 46.5 Å². The van der Waals surface area contributed by atoms with Crippen LogP contribution in [0.25, 0.3) is 22.2 Å². The van der Waals surface area contributed by atoms with Crippen molar-refractivity contribution in [2.24, 2.45) is 7.05 Å². The Labute approximate surface area is 198 Å². The Bertz CT molecular complexity index is 1230. The van der Waals surface area contributed by atoms with E-state index in [1.165, 1.54) is 0 Å². The molecule has 0 saturated carbocycles. The standard InChI is InChI=1S/C25H23ClN4O.ClH/c1-28-22-8-7-19(26)17-21(22)23(24(28)18-5-3-2-4-6-18)25(31)30-15-13-29(14-16-30)20-9-11-27-12-10-20;/h2-12,17H,13-16H2,1H3;1H. The summed E-state index contributed by atoms with van der Waals surface area (Å²) in [6.07, 6.45) is 3.61. The molecule has 0 unspecified atom stereocenters. The third-order valence-electron chi connectivity index (χ3n) is 6.02. The summed E-state index contributed by atoms with van der Waals surface area (Å²) in [6.45, 7) is 2.93. The molecule has 5 nitrogen and oxygen atoms in total. The number of pyridine rings is 1. The van der Waals surface area contributed by atoms with Crippen LogP contribution in [0.1, 0.15) is 10.4 Å². The lowest BCUT2D eigenvalue weighted by molar-refractivity contribution is 0.0749. The van der Waals surface area contributed by atoms with E-state index in [9.17, 15) is 4.79 Å². The van der Waals surface area contributed by atoms with Crippen LogP contribution < -0.4 is 4.90 Å². The molecule has 2 aromatic heterocycles. The van der Waals surface area contributed by atoms with Gasteiger partial charge in [-0.1, -0.05) is 41.9 Å². The van der Waals surface area contributed by atoms with Crippen LogP contribution in [-0.4, -0.2) is 46.5 Å². The Morgan fingerprint density at radius 3 is 2.31 bits per heavy atom. The van der Waals surface area contributed by atoms with Crippen molar-refractivity contribution in [3.05, 3.63) is 83.6 Å². The highest BCUT2D eigenvalue weighted by Gasteiger charge is 2.28. The highest BCUT2D eigenvalue weighted by Crippen LogP contribution is 2.35. The van der Waals surface area contributed by atoms with Gasteiger partial charge >= 0.3 is 0 Å². The number of halogens is 2. The molecule has 1 saturated heterocycles. The number of piperazine rings is 1. The summed E-state index contributed by atoms with van der Waals surface area (Å²) in [5.74, 6) is 0.0566. The summed E-state index contributed by atoms with van der Waals surface area (Å²) < 4.78 is 2.10. The number of rotatable bonds is 3. The normalized spacial score (nSPS) is 13.8.